The Bertz CT molecular complexity index is 730. The summed E-state index contributed by atoms with van der Waals surface area (Å²) in [7, 11) is 0. The molecule has 2 atom stereocenters. The Balaban J connectivity index is 1.49. The highest BCUT2D eigenvalue weighted by Crippen LogP contribution is 2.34. The van der Waals surface area contributed by atoms with Crippen LogP contribution in [0.5, 0.6) is 5.75 Å². The van der Waals surface area contributed by atoms with Crippen LogP contribution >= 0.6 is 0 Å². The second-order valence-corrected chi connectivity index (χ2v) is 6.57. The number of hydrogen-bond donors (Lipinski definition) is 2. The van der Waals surface area contributed by atoms with Crippen LogP contribution < -0.4 is 15.4 Å². The van der Waals surface area contributed by atoms with E-state index in [0.29, 0.717) is 18.4 Å². The predicted octanol–water partition coefficient (Wildman–Crippen LogP) is 2.35. The normalized spacial score (nSPS) is 22.2. The minimum atomic E-state index is 0.0212. The highest BCUT2D eigenvalue weighted by molar-refractivity contribution is 5.96. The maximum atomic E-state index is 12.4. The van der Waals surface area contributed by atoms with Gasteiger partial charge >= 0.3 is 0 Å². The van der Waals surface area contributed by atoms with Crippen molar-refractivity contribution in [2.24, 2.45) is 5.92 Å². The van der Waals surface area contributed by atoms with Gasteiger partial charge in [-0.3, -0.25) is 4.79 Å². The third kappa shape index (κ3) is 3.02. The third-order valence-electron chi connectivity index (χ3n) is 5.04. The van der Waals surface area contributed by atoms with Crippen LogP contribution in [-0.2, 0) is 6.42 Å². The SMILES string of the molecule is O=C1NC[C@H]2CNC[C@@H]2c2ccc(OCCc3ccccc3)cc21. The van der Waals surface area contributed by atoms with Gasteiger partial charge in [0.05, 0.1) is 6.61 Å². The molecule has 1 saturated heterocycles. The van der Waals surface area contributed by atoms with Crippen molar-refractivity contribution in [3.63, 3.8) is 0 Å². The average molecular weight is 322 g/mol. The Labute approximate surface area is 142 Å². The predicted molar refractivity (Wildman–Crippen MR) is 93.5 cm³/mol. The van der Waals surface area contributed by atoms with Gasteiger partial charge in [-0.25, -0.2) is 0 Å². The summed E-state index contributed by atoms with van der Waals surface area (Å²) < 4.78 is 5.88. The molecule has 2 heterocycles. The van der Waals surface area contributed by atoms with Crippen molar-refractivity contribution in [1.29, 1.82) is 0 Å². The van der Waals surface area contributed by atoms with E-state index in [-0.39, 0.29) is 5.91 Å². The summed E-state index contributed by atoms with van der Waals surface area (Å²) in [6, 6.07) is 16.3. The maximum absolute atomic E-state index is 12.4. The van der Waals surface area contributed by atoms with Gasteiger partial charge in [0.25, 0.3) is 5.91 Å². The minimum absolute atomic E-state index is 0.0212. The lowest BCUT2D eigenvalue weighted by Crippen LogP contribution is -2.28. The summed E-state index contributed by atoms with van der Waals surface area (Å²) in [6.45, 7) is 3.27. The monoisotopic (exact) mass is 322 g/mol. The zero-order valence-electron chi connectivity index (χ0n) is 13.6. The van der Waals surface area contributed by atoms with Gasteiger partial charge in [0.15, 0.2) is 0 Å². The number of carbonyl (C=O) groups excluding carboxylic acids is 1. The zero-order chi connectivity index (χ0) is 16.4. The van der Waals surface area contributed by atoms with Gasteiger partial charge < -0.3 is 15.4 Å². The van der Waals surface area contributed by atoms with Crippen molar-refractivity contribution in [2.75, 3.05) is 26.2 Å². The summed E-state index contributed by atoms with van der Waals surface area (Å²) in [5.41, 5.74) is 3.17. The quantitative estimate of drug-likeness (QED) is 0.908. The highest BCUT2D eigenvalue weighted by atomic mass is 16.5. The van der Waals surface area contributed by atoms with E-state index in [1.165, 1.54) is 5.56 Å². The molecule has 2 aromatic carbocycles. The summed E-state index contributed by atoms with van der Waals surface area (Å²) >= 11 is 0. The van der Waals surface area contributed by atoms with Gasteiger partial charge in [0.1, 0.15) is 5.75 Å². The van der Waals surface area contributed by atoms with Gasteiger partial charge in [-0.1, -0.05) is 36.4 Å². The minimum Gasteiger partial charge on any atom is -0.493 e. The largest absolute Gasteiger partial charge is 0.493 e. The van der Waals surface area contributed by atoms with E-state index in [1.807, 2.05) is 30.3 Å². The fourth-order valence-electron chi connectivity index (χ4n) is 3.71. The van der Waals surface area contributed by atoms with Crippen molar-refractivity contribution in [3.05, 3.63) is 65.2 Å². The van der Waals surface area contributed by atoms with Gasteiger partial charge in [0.2, 0.25) is 0 Å². The first-order valence-corrected chi connectivity index (χ1v) is 8.61. The van der Waals surface area contributed by atoms with Crippen LogP contribution in [0.3, 0.4) is 0 Å². The number of carbonyl (C=O) groups is 1. The summed E-state index contributed by atoms with van der Waals surface area (Å²) in [6.07, 6.45) is 0.860. The van der Waals surface area contributed by atoms with E-state index >= 15 is 0 Å². The standard InChI is InChI=1S/C20H22N2O2/c23-20-18-10-16(24-9-8-14-4-2-1-3-5-14)6-7-17(18)19-13-21-11-15(19)12-22-20/h1-7,10,15,19,21H,8-9,11-13H2,(H,22,23)/t15-,19+/m1/s1. The van der Waals surface area contributed by atoms with E-state index in [9.17, 15) is 4.79 Å². The first-order chi connectivity index (χ1) is 11.8. The van der Waals surface area contributed by atoms with Crippen LogP contribution in [0, 0.1) is 5.92 Å². The first-order valence-electron chi connectivity index (χ1n) is 8.61. The summed E-state index contributed by atoms with van der Waals surface area (Å²) in [5.74, 6) is 1.69. The van der Waals surface area contributed by atoms with Gasteiger partial charge in [-0.15, -0.1) is 0 Å². The molecule has 1 amide bonds. The molecule has 1 fully saturated rings. The molecule has 0 spiro atoms. The van der Waals surface area contributed by atoms with Crippen LogP contribution in [0.4, 0.5) is 0 Å². The molecule has 24 heavy (non-hydrogen) atoms. The molecule has 0 aliphatic carbocycles. The fourth-order valence-corrected chi connectivity index (χ4v) is 3.71. The first kappa shape index (κ1) is 15.2. The molecule has 0 unspecified atom stereocenters. The second kappa shape index (κ2) is 6.65. The maximum Gasteiger partial charge on any atom is 0.251 e. The van der Waals surface area contributed by atoms with E-state index < -0.39 is 0 Å². The van der Waals surface area contributed by atoms with Crippen molar-refractivity contribution >= 4 is 5.91 Å². The molecule has 2 aliphatic heterocycles. The number of rotatable bonds is 4. The molecule has 0 aromatic heterocycles. The van der Waals surface area contributed by atoms with Gasteiger partial charge in [-0.05, 0) is 29.2 Å². The number of ether oxygens (including phenoxy) is 1. The lowest BCUT2D eigenvalue weighted by Gasteiger charge is -2.17. The molecule has 2 aliphatic rings. The lowest BCUT2D eigenvalue weighted by molar-refractivity contribution is 0.0952. The van der Waals surface area contributed by atoms with Crippen LogP contribution in [-0.4, -0.2) is 32.1 Å². The topological polar surface area (TPSA) is 50.4 Å². The Hall–Kier alpha value is -2.33. The molecule has 4 heteroatoms. The molecule has 4 nitrogen and oxygen atoms in total. The number of fused-ring (bicyclic) bond motifs is 3. The van der Waals surface area contributed by atoms with Crippen molar-refractivity contribution in [1.82, 2.24) is 10.6 Å². The van der Waals surface area contributed by atoms with E-state index in [2.05, 4.69) is 28.8 Å². The number of amides is 1. The van der Waals surface area contributed by atoms with Crippen molar-refractivity contribution in [3.8, 4) is 5.75 Å². The molecule has 0 bridgehead atoms. The van der Waals surface area contributed by atoms with Gasteiger partial charge in [0, 0.05) is 37.5 Å². The lowest BCUT2D eigenvalue weighted by atomic mass is 9.87. The molecule has 124 valence electrons. The van der Waals surface area contributed by atoms with Crippen LogP contribution in [0.1, 0.15) is 27.4 Å². The van der Waals surface area contributed by atoms with E-state index in [4.69, 9.17) is 4.74 Å². The number of hydrogen-bond acceptors (Lipinski definition) is 3. The molecule has 4 rings (SSSR count). The Kier molecular flexibility index (Phi) is 4.22. The molecule has 0 saturated carbocycles. The van der Waals surface area contributed by atoms with Crippen molar-refractivity contribution < 1.29 is 9.53 Å². The average Bonchev–Trinajstić information content (AvgIpc) is 3.04. The molecule has 0 radical (unpaired) electrons. The van der Waals surface area contributed by atoms with Crippen LogP contribution in [0.25, 0.3) is 0 Å². The van der Waals surface area contributed by atoms with Crippen LogP contribution in [0.15, 0.2) is 48.5 Å². The highest BCUT2D eigenvalue weighted by Gasteiger charge is 2.34. The van der Waals surface area contributed by atoms with Crippen molar-refractivity contribution in [2.45, 2.75) is 12.3 Å². The zero-order valence-corrected chi connectivity index (χ0v) is 13.6. The smallest absolute Gasteiger partial charge is 0.251 e. The Morgan fingerprint density at radius 3 is 2.79 bits per heavy atom. The summed E-state index contributed by atoms with van der Waals surface area (Å²) in [4.78, 5) is 12.4. The Morgan fingerprint density at radius 2 is 1.92 bits per heavy atom. The number of nitrogens with one attached hydrogen (secondary N) is 2. The summed E-state index contributed by atoms with van der Waals surface area (Å²) in [5, 5.41) is 6.48. The molecular formula is C20H22N2O2. The molecule has 2 N–H and O–H groups in total. The van der Waals surface area contributed by atoms with E-state index in [0.717, 1.165) is 42.9 Å². The molecule has 2 aromatic rings. The third-order valence-corrected chi connectivity index (χ3v) is 5.04. The fraction of sp³-hybridized carbons (Fsp3) is 0.350. The van der Waals surface area contributed by atoms with Crippen LogP contribution in [0.2, 0.25) is 0 Å². The molecular weight excluding hydrogens is 300 g/mol. The second-order valence-electron chi connectivity index (χ2n) is 6.57. The number of benzene rings is 2. The Morgan fingerprint density at radius 1 is 1.04 bits per heavy atom. The van der Waals surface area contributed by atoms with Gasteiger partial charge in [-0.2, -0.15) is 0 Å². The van der Waals surface area contributed by atoms with E-state index in [1.54, 1.807) is 0 Å².